The number of allylic oxidation sites excluding steroid dienone is 2. The van der Waals surface area contributed by atoms with E-state index in [0.717, 1.165) is 6.42 Å². The fourth-order valence-electron chi connectivity index (χ4n) is 3.16. The quantitative estimate of drug-likeness (QED) is 0.549. The largest absolute Gasteiger partial charge is 0.481 e. The second-order valence-electron chi connectivity index (χ2n) is 5.18. The Hall–Kier alpha value is -1.85. The van der Waals surface area contributed by atoms with Crippen LogP contribution >= 0.6 is 0 Å². The van der Waals surface area contributed by atoms with Crippen molar-refractivity contribution in [2.45, 2.75) is 19.8 Å². The lowest BCUT2D eigenvalue weighted by Gasteiger charge is -2.23. The summed E-state index contributed by atoms with van der Waals surface area (Å²) >= 11 is 0. The van der Waals surface area contributed by atoms with Crippen molar-refractivity contribution in [3.63, 3.8) is 0 Å². The van der Waals surface area contributed by atoms with Gasteiger partial charge in [0, 0.05) is 6.54 Å². The summed E-state index contributed by atoms with van der Waals surface area (Å²) in [5.74, 6) is -2.78. The number of ether oxygens (including phenoxy) is 1. The van der Waals surface area contributed by atoms with Crippen LogP contribution in [0.3, 0.4) is 0 Å². The Balaban J connectivity index is 1.87. The Morgan fingerprint density at radius 3 is 2.50 bits per heavy atom. The van der Waals surface area contributed by atoms with Gasteiger partial charge in [0.2, 0.25) is 5.91 Å². The van der Waals surface area contributed by atoms with Crippen LogP contribution in [0.1, 0.15) is 19.8 Å². The maximum atomic E-state index is 12.1. The van der Waals surface area contributed by atoms with Gasteiger partial charge in [0.1, 0.15) is 0 Å². The average molecular weight is 281 g/mol. The number of nitrogens with one attached hydrogen (secondary N) is 1. The minimum absolute atomic E-state index is 0.00342. The van der Waals surface area contributed by atoms with Crippen LogP contribution < -0.4 is 5.32 Å². The fraction of sp³-hybridized carbons (Fsp3) is 0.643. The van der Waals surface area contributed by atoms with Gasteiger partial charge in [0.25, 0.3) is 0 Å². The molecule has 0 aromatic carbocycles. The average Bonchev–Trinajstić information content (AvgIpc) is 2.98. The van der Waals surface area contributed by atoms with Crippen LogP contribution in [-0.4, -0.2) is 36.1 Å². The van der Waals surface area contributed by atoms with E-state index < -0.39 is 17.8 Å². The highest BCUT2D eigenvalue weighted by atomic mass is 16.5. The fourth-order valence-corrected chi connectivity index (χ4v) is 3.16. The Labute approximate surface area is 117 Å². The van der Waals surface area contributed by atoms with Crippen molar-refractivity contribution in [2.24, 2.45) is 23.7 Å². The van der Waals surface area contributed by atoms with Crippen molar-refractivity contribution in [3.8, 4) is 0 Å². The molecule has 0 aromatic heterocycles. The summed E-state index contributed by atoms with van der Waals surface area (Å²) in [6, 6.07) is 0. The van der Waals surface area contributed by atoms with E-state index >= 15 is 0 Å². The van der Waals surface area contributed by atoms with E-state index in [1.165, 1.54) is 0 Å². The number of amides is 1. The molecule has 1 saturated carbocycles. The highest BCUT2D eigenvalue weighted by molar-refractivity contribution is 5.87. The van der Waals surface area contributed by atoms with Crippen molar-refractivity contribution in [1.29, 1.82) is 0 Å². The van der Waals surface area contributed by atoms with Crippen molar-refractivity contribution < 1.29 is 24.2 Å². The molecule has 6 heteroatoms. The van der Waals surface area contributed by atoms with Crippen LogP contribution in [-0.2, 0) is 19.1 Å². The molecule has 1 amide bonds. The zero-order valence-corrected chi connectivity index (χ0v) is 11.4. The normalized spacial score (nSPS) is 30.2. The van der Waals surface area contributed by atoms with Gasteiger partial charge in [-0.05, 0) is 25.2 Å². The van der Waals surface area contributed by atoms with Crippen LogP contribution in [0.4, 0.5) is 0 Å². The van der Waals surface area contributed by atoms with Crippen molar-refractivity contribution in [2.75, 3.05) is 13.2 Å². The molecule has 2 N–H and O–H groups in total. The molecule has 4 atom stereocenters. The molecule has 2 aliphatic rings. The third-order valence-electron chi connectivity index (χ3n) is 3.98. The Morgan fingerprint density at radius 1 is 1.25 bits per heavy atom. The lowest BCUT2D eigenvalue weighted by molar-refractivity contribution is -0.148. The maximum absolute atomic E-state index is 12.1. The SMILES string of the molecule is CCOC(=O)CCNC(=O)[C@H]1C2C=CC(C2)[C@H]1C(=O)O. The monoisotopic (exact) mass is 281 g/mol. The highest BCUT2D eigenvalue weighted by Gasteiger charge is 2.51. The third kappa shape index (κ3) is 2.84. The lowest BCUT2D eigenvalue weighted by Crippen LogP contribution is -2.40. The van der Waals surface area contributed by atoms with E-state index in [-0.39, 0.29) is 36.7 Å². The van der Waals surface area contributed by atoms with E-state index in [9.17, 15) is 19.5 Å². The molecule has 2 aliphatic carbocycles. The second kappa shape index (κ2) is 6.07. The molecule has 0 saturated heterocycles. The molecule has 0 radical (unpaired) electrons. The van der Waals surface area contributed by atoms with E-state index in [1.54, 1.807) is 6.92 Å². The minimum atomic E-state index is -0.924. The number of hydrogen-bond donors (Lipinski definition) is 2. The molecule has 0 heterocycles. The number of fused-ring (bicyclic) bond motifs is 2. The molecule has 6 nitrogen and oxygen atoms in total. The summed E-state index contributed by atoms with van der Waals surface area (Å²) in [6.07, 6.45) is 4.66. The number of esters is 1. The number of carbonyl (C=O) groups excluding carboxylic acids is 2. The zero-order chi connectivity index (χ0) is 14.7. The summed E-state index contributed by atoms with van der Waals surface area (Å²) in [4.78, 5) is 34.6. The van der Waals surface area contributed by atoms with E-state index in [0.29, 0.717) is 6.61 Å². The Kier molecular flexibility index (Phi) is 4.42. The first-order chi connectivity index (χ1) is 9.54. The number of carbonyl (C=O) groups is 3. The second-order valence-corrected chi connectivity index (χ2v) is 5.18. The van der Waals surface area contributed by atoms with Crippen LogP contribution in [0.25, 0.3) is 0 Å². The highest BCUT2D eigenvalue weighted by Crippen LogP contribution is 2.48. The van der Waals surface area contributed by atoms with Gasteiger partial charge >= 0.3 is 11.9 Å². The summed E-state index contributed by atoms with van der Waals surface area (Å²) in [5.41, 5.74) is 0. The van der Waals surface area contributed by atoms with Gasteiger partial charge in [0.15, 0.2) is 0 Å². The molecule has 2 rings (SSSR count). The molecular formula is C14H19NO5. The van der Waals surface area contributed by atoms with Crippen LogP contribution in [0, 0.1) is 23.7 Å². The molecular weight excluding hydrogens is 262 g/mol. The first-order valence-corrected chi connectivity index (χ1v) is 6.89. The molecule has 20 heavy (non-hydrogen) atoms. The van der Waals surface area contributed by atoms with E-state index in [4.69, 9.17) is 4.74 Å². The topological polar surface area (TPSA) is 92.7 Å². The summed E-state index contributed by atoms with van der Waals surface area (Å²) in [7, 11) is 0. The predicted octanol–water partition coefficient (Wildman–Crippen LogP) is 0.579. The molecule has 0 aromatic rings. The summed E-state index contributed by atoms with van der Waals surface area (Å²) in [5, 5.41) is 11.9. The molecule has 0 spiro atoms. The lowest BCUT2D eigenvalue weighted by atomic mass is 9.82. The van der Waals surface area contributed by atoms with Crippen LogP contribution in [0.2, 0.25) is 0 Å². The maximum Gasteiger partial charge on any atom is 0.307 e. The number of carboxylic acid groups (broad SMARTS) is 1. The van der Waals surface area contributed by atoms with Gasteiger partial charge in [-0.2, -0.15) is 0 Å². The minimum Gasteiger partial charge on any atom is -0.481 e. The molecule has 2 unspecified atom stereocenters. The van der Waals surface area contributed by atoms with Gasteiger partial charge in [0.05, 0.1) is 24.9 Å². The van der Waals surface area contributed by atoms with E-state index in [2.05, 4.69) is 5.32 Å². The number of rotatable bonds is 6. The van der Waals surface area contributed by atoms with E-state index in [1.807, 2.05) is 12.2 Å². The van der Waals surface area contributed by atoms with Gasteiger partial charge in [-0.1, -0.05) is 12.2 Å². The molecule has 2 bridgehead atoms. The van der Waals surface area contributed by atoms with Gasteiger partial charge in [-0.15, -0.1) is 0 Å². The predicted molar refractivity (Wildman–Crippen MR) is 69.6 cm³/mol. The third-order valence-corrected chi connectivity index (χ3v) is 3.98. The number of hydrogen-bond acceptors (Lipinski definition) is 4. The smallest absolute Gasteiger partial charge is 0.307 e. The van der Waals surface area contributed by atoms with Crippen LogP contribution in [0.5, 0.6) is 0 Å². The zero-order valence-electron chi connectivity index (χ0n) is 11.4. The molecule has 110 valence electrons. The Bertz CT molecular complexity index is 445. The molecule has 0 aliphatic heterocycles. The summed E-state index contributed by atoms with van der Waals surface area (Å²) in [6.45, 7) is 2.21. The molecule has 1 fully saturated rings. The number of carboxylic acids is 1. The van der Waals surface area contributed by atoms with Crippen molar-refractivity contribution in [3.05, 3.63) is 12.2 Å². The van der Waals surface area contributed by atoms with Gasteiger partial charge < -0.3 is 15.2 Å². The van der Waals surface area contributed by atoms with Gasteiger partial charge in [-0.25, -0.2) is 0 Å². The Morgan fingerprint density at radius 2 is 1.90 bits per heavy atom. The first-order valence-electron chi connectivity index (χ1n) is 6.89. The van der Waals surface area contributed by atoms with Crippen molar-refractivity contribution >= 4 is 17.8 Å². The first kappa shape index (κ1) is 14.6. The van der Waals surface area contributed by atoms with Gasteiger partial charge in [-0.3, -0.25) is 14.4 Å². The summed E-state index contributed by atoms with van der Waals surface area (Å²) < 4.78 is 4.76. The number of aliphatic carboxylic acids is 1. The van der Waals surface area contributed by atoms with Crippen LogP contribution in [0.15, 0.2) is 12.2 Å². The standard InChI is InChI=1S/C14H19NO5/c1-2-20-10(16)5-6-15-13(17)11-8-3-4-9(7-8)12(11)14(18)19/h3-4,8-9,11-12H,2,5-7H2,1H3,(H,15,17)(H,18,19)/t8?,9?,11-,12+/m0/s1. The van der Waals surface area contributed by atoms with Crippen molar-refractivity contribution in [1.82, 2.24) is 5.32 Å².